The molecule has 0 amide bonds. The molecule has 0 aliphatic rings. The maximum absolute atomic E-state index is 4.32. The fourth-order valence-corrected chi connectivity index (χ4v) is 4.88. The summed E-state index contributed by atoms with van der Waals surface area (Å²) in [6, 6.07) is 27.3. The summed E-state index contributed by atoms with van der Waals surface area (Å²) in [4.78, 5) is 12.7. The number of aromatic nitrogens is 3. The molecule has 0 aliphatic carbocycles. The van der Waals surface area contributed by atoms with Crippen molar-refractivity contribution in [2.75, 3.05) is 0 Å². The first-order valence-corrected chi connectivity index (χ1v) is 13.9. The molecule has 6 rings (SSSR count). The molecule has 0 spiro atoms. The van der Waals surface area contributed by atoms with Gasteiger partial charge in [-0.1, -0.05) is 102 Å². The zero-order valence-corrected chi connectivity index (χ0v) is 24.0. The van der Waals surface area contributed by atoms with E-state index >= 15 is 0 Å². The molecule has 39 heavy (non-hydrogen) atoms. The molecule has 0 radical (unpaired) electrons. The van der Waals surface area contributed by atoms with E-state index in [1.54, 1.807) is 0 Å². The van der Waals surface area contributed by atoms with Crippen molar-refractivity contribution < 1.29 is 0 Å². The van der Waals surface area contributed by atoms with Crippen molar-refractivity contribution in [3.05, 3.63) is 127 Å². The van der Waals surface area contributed by atoms with Crippen molar-refractivity contribution in [2.24, 2.45) is 0 Å². The van der Waals surface area contributed by atoms with E-state index in [0.29, 0.717) is 17.8 Å². The Bertz CT molecular complexity index is 1440. The summed E-state index contributed by atoms with van der Waals surface area (Å²) in [5.41, 5.74) is 5.21. The van der Waals surface area contributed by atoms with Gasteiger partial charge in [0.2, 0.25) is 0 Å². The van der Waals surface area contributed by atoms with Gasteiger partial charge in [-0.2, -0.15) is 0 Å². The van der Waals surface area contributed by atoms with Crippen LogP contribution in [0, 0.1) is 0 Å². The normalized spacial score (nSPS) is 11.0. The summed E-state index contributed by atoms with van der Waals surface area (Å²) < 4.78 is 0. The van der Waals surface area contributed by atoms with Gasteiger partial charge in [-0.3, -0.25) is 15.0 Å². The standard InChI is InChI=1S/3C12H13N/c1-9(2)10-5-3-7-12-11(10)6-4-8-13-12;1-9(2)11-5-3-4-10-8-13-7-6-12(10)11;1-9(2)12-8-13-7-10-5-3-4-6-11(10)12/h3*3-9H,1-2H3. The third-order valence-electron chi connectivity index (χ3n) is 6.96. The number of nitrogens with zero attached hydrogens (tertiary/aromatic N) is 3. The summed E-state index contributed by atoms with van der Waals surface area (Å²) in [7, 11) is 0. The SMILES string of the molecule is CC(C)c1cccc2cnccc12.CC(C)c1cccc2ncccc12.CC(C)c1cncc2ccccc12. The van der Waals surface area contributed by atoms with Gasteiger partial charge in [0.25, 0.3) is 0 Å². The van der Waals surface area contributed by atoms with Crippen LogP contribution in [-0.2, 0) is 0 Å². The Kier molecular flexibility index (Phi) is 9.38. The van der Waals surface area contributed by atoms with E-state index in [9.17, 15) is 0 Å². The molecular weight excluding hydrogens is 474 g/mol. The van der Waals surface area contributed by atoms with Crippen LogP contribution in [0.5, 0.6) is 0 Å². The van der Waals surface area contributed by atoms with Crippen LogP contribution in [-0.4, -0.2) is 15.0 Å². The highest BCUT2D eigenvalue weighted by molar-refractivity contribution is 5.86. The van der Waals surface area contributed by atoms with E-state index in [4.69, 9.17) is 0 Å². The van der Waals surface area contributed by atoms with Crippen molar-refractivity contribution in [1.29, 1.82) is 0 Å². The van der Waals surface area contributed by atoms with Gasteiger partial charge in [-0.25, -0.2) is 0 Å². The second kappa shape index (κ2) is 13.1. The van der Waals surface area contributed by atoms with Crippen LogP contribution in [0.3, 0.4) is 0 Å². The average Bonchev–Trinajstić information content (AvgIpc) is 2.96. The predicted octanol–water partition coefficient (Wildman–Crippen LogP) is 10.1. The van der Waals surface area contributed by atoms with Gasteiger partial charge in [0.15, 0.2) is 0 Å². The molecule has 0 unspecified atom stereocenters. The number of hydrogen-bond donors (Lipinski definition) is 0. The molecule has 198 valence electrons. The molecule has 3 aromatic heterocycles. The van der Waals surface area contributed by atoms with Crippen LogP contribution >= 0.6 is 0 Å². The molecule has 0 saturated heterocycles. The van der Waals surface area contributed by atoms with Crippen molar-refractivity contribution in [2.45, 2.75) is 59.3 Å². The van der Waals surface area contributed by atoms with Crippen LogP contribution in [0.1, 0.15) is 76.0 Å². The Morgan fingerprint density at radius 1 is 0.436 bits per heavy atom. The van der Waals surface area contributed by atoms with E-state index in [-0.39, 0.29) is 0 Å². The molecular formula is C36H39N3. The van der Waals surface area contributed by atoms with Crippen LogP contribution in [0.15, 0.2) is 110 Å². The molecule has 0 atom stereocenters. The minimum Gasteiger partial charge on any atom is -0.264 e. The predicted molar refractivity (Wildman–Crippen MR) is 167 cm³/mol. The Morgan fingerprint density at radius 2 is 1.00 bits per heavy atom. The smallest absolute Gasteiger partial charge is 0.0704 e. The molecule has 0 fully saturated rings. The van der Waals surface area contributed by atoms with Gasteiger partial charge in [0.1, 0.15) is 0 Å². The molecule has 3 nitrogen and oxygen atoms in total. The molecule has 0 aliphatic heterocycles. The van der Waals surface area contributed by atoms with Crippen LogP contribution in [0.2, 0.25) is 0 Å². The average molecular weight is 514 g/mol. The lowest BCUT2D eigenvalue weighted by Gasteiger charge is -2.08. The summed E-state index contributed by atoms with van der Waals surface area (Å²) in [5, 5.41) is 6.39. The van der Waals surface area contributed by atoms with Crippen molar-refractivity contribution in [3.8, 4) is 0 Å². The highest BCUT2D eigenvalue weighted by Crippen LogP contribution is 2.25. The van der Waals surface area contributed by atoms with Gasteiger partial charge < -0.3 is 0 Å². The molecule has 6 aromatic rings. The third-order valence-corrected chi connectivity index (χ3v) is 6.96. The fraction of sp³-hybridized carbons (Fsp3) is 0.250. The van der Waals surface area contributed by atoms with Gasteiger partial charge in [-0.05, 0) is 63.4 Å². The zero-order valence-electron chi connectivity index (χ0n) is 24.0. The maximum atomic E-state index is 4.32. The lowest BCUT2D eigenvalue weighted by atomic mass is 9.97. The van der Waals surface area contributed by atoms with E-state index < -0.39 is 0 Å². The van der Waals surface area contributed by atoms with Gasteiger partial charge in [-0.15, -0.1) is 0 Å². The lowest BCUT2D eigenvalue weighted by Crippen LogP contribution is -1.90. The first-order valence-electron chi connectivity index (χ1n) is 13.9. The van der Waals surface area contributed by atoms with E-state index in [1.165, 1.54) is 43.6 Å². The molecule has 3 heterocycles. The maximum Gasteiger partial charge on any atom is 0.0704 e. The topological polar surface area (TPSA) is 38.7 Å². The molecule has 0 bridgehead atoms. The number of pyridine rings is 3. The Balaban J connectivity index is 0.000000136. The zero-order chi connectivity index (χ0) is 27.8. The largest absolute Gasteiger partial charge is 0.264 e. The molecule has 0 saturated carbocycles. The minimum atomic E-state index is 0.540. The van der Waals surface area contributed by atoms with Crippen molar-refractivity contribution in [1.82, 2.24) is 15.0 Å². The second-order valence-corrected chi connectivity index (χ2v) is 10.8. The van der Waals surface area contributed by atoms with Gasteiger partial charge in [0, 0.05) is 47.1 Å². The Hall–Kier alpha value is -4.11. The minimum absolute atomic E-state index is 0.540. The first kappa shape index (κ1) is 27.9. The number of rotatable bonds is 3. The first-order chi connectivity index (χ1) is 18.9. The summed E-state index contributed by atoms with van der Waals surface area (Å²) >= 11 is 0. The highest BCUT2D eigenvalue weighted by Gasteiger charge is 2.05. The summed E-state index contributed by atoms with van der Waals surface area (Å²) in [5.74, 6) is 1.68. The van der Waals surface area contributed by atoms with E-state index in [2.05, 4.69) is 123 Å². The molecule has 3 heteroatoms. The summed E-state index contributed by atoms with van der Waals surface area (Å²) in [6.07, 6.45) is 9.50. The monoisotopic (exact) mass is 513 g/mol. The molecule has 0 N–H and O–H groups in total. The van der Waals surface area contributed by atoms with E-state index in [1.807, 2.05) is 43.1 Å². The Labute approximate surface area is 233 Å². The quantitative estimate of drug-likeness (QED) is 0.236. The van der Waals surface area contributed by atoms with Crippen LogP contribution in [0.4, 0.5) is 0 Å². The van der Waals surface area contributed by atoms with Gasteiger partial charge in [0.05, 0.1) is 5.52 Å². The van der Waals surface area contributed by atoms with Gasteiger partial charge >= 0.3 is 0 Å². The second-order valence-electron chi connectivity index (χ2n) is 10.8. The van der Waals surface area contributed by atoms with E-state index in [0.717, 1.165) is 5.52 Å². The fourth-order valence-electron chi connectivity index (χ4n) is 4.88. The highest BCUT2D eigenvalue weighted by atomic mass is 14.6. The van der Waals surface area contributed by atoms with Crippen molar-refractivity contribution in [3.63, 3.8) is 0 Å². The number of benzene rings is 3. The lowest BCUT2D eigenvalue weighted by molar-refractivity contribution is 0.869. The number of fused-ring (bicyclic) bond motifs is 3. The van der Waals surface area contributed by atoms with Crippen LogP contribution in [0.25, 0.3) is 32.4 Å². The van der Waals surface area contributed by atoms with Crippen LogP contribution < -0.4 is 0 Å². The van der Waals surface area contributed by atoms with Crippen molar-refractivity contribution >= 4 is 32.4 Å². The number of hydrogen-bond acceptors (Lipinski definition) is 3. The Morgan fingerprint density at radius 3 is 1.72 bits per heavy atom. The summed E-state index contributed by atoms with van der Waals surface area (Å²) in [6.45, 7) is 13.3. The third kappa shape index (κ3) is 6.86. The molecule has 3 aromatic carbocycles.